The Morgan fingerprint density at radius 1 is 1.45 bits per heavy atom. The number of rotatable bonds is 4. The maximum absolute atomic E-state index is 12.1. The molecule has 5 nitrogen and oxygen atoms in total. The lowest BCUT2D eigenvalue weighted by molar-refractivity contribution is -0.137. The van der Waals surface area contributed by atoms with Gasteiger partial charge in [0.1, 0.15) is 17.0 Å². The predicted octanol–water partition coefficient (Wildman–Crippen LogP) is 2.50. The van der Waals surface area contributed by atoms with Crippen molar-refractivity contribution in [3.63, 3.8) is 0 Å². The Hall–Kier alpha value is -1.91. The third-order valence-corrected chi connectivity index (χ3v) is 5.49. The highest BCUT2D eigenvalue weighted by atomic mass is 32.2. The van der Waals surface area contributed by atoms with Crippen molar-refractivity contribution in [1.29, 1.82) is 5.26 Å². The molecule has 1 aliphatic heterocycles. The second-order valence-electron chi connectivity index (χ2n) is 4.52. The summed E-state index contributed by atoms with van der Waals surface area (Å²) >= 11 is 2.51. The van der Waals surface area contributed by atoms with Crippen molar-refractivity contribution in [3.05, 3.63) is 45.2 Å². The lowest BCUT2D eigenvalue weighted by Crippen LogP contribution is -2.31. The fourth-order valence-corrected chi connectivity index (χ4v) is 4.07. The van der Waals surface area contributed by atoms with Crippen LogP contribution < -0.4 is 5.32 Å². The maximum atomic E-state index is 12.1. The second kappa shape index (κ2) is 7.38. The quantitative estimate of drug-likeness (QED) is 0.852. The third-order valence-electron chi connectivity index (χ3n) is 2.96. The van der Waals surface area contributed by atoms with Gasteiger partial charge in [-0.3, -0.25) is 9.59 Å². The number of nitrogens with one attached hydrogen (secondary N) is 1. The Morgan fingerprint density at radius 2 is 2.14 bits per heavy atom. The van der Waals surface area contributed by atoms with Crippen molar-refractivity contribution in [1.82, 2.24) is 5.32 Å². The van der Waals surface area contributed by atoms with Crippen LogP contribution in [0.1, 0.15) is 16.5 Å². The van der Waals surface area contributed by atoms with Gasteiger partial charge in [0, 0.05) is 0 Å². The highest BCUT2D eigenvalue weighted by molar-refractivity contribution is 8.22. The number of methoxy groups -OCH3 is 1. The van der Waals surface area contributed by atoms with E-state index in [9.17, 15) is 9.59 Å². The number of benzene rings is 1. The minimum absolute atomic E-state index is 0.0438. The first-order valence-electron chi connectivity index (χ1n) is 6.43. The summed E-state index contributed by atoms with van der Waals surface area (Å²) in [4.78, 5) is 23.3. The molecule has 0 aromatic heterocycles. The summed E-state index contributed by atoms with van der Waals surface area (Å²) in [6, 6.07) is 9.71. The summed E-state index contributed by atoms with van der Waals surface area (Å²) in [5.41, 5.74) is 2.11. The molecule has 1 aliphatic rings. The van der Waals surface area contributed by atoms with Gasteiger partial charge in [-0.2, -0.15) is 5.26 Å². The number of nitriles is 1. The SMILES string of the molecule is COC(=O)CSC1=C(C#N)C(=O)N[C@H](c2ccc(C)cc2)S1. The summed E-state index contributed by atoms with van der Waals surface area (Å²) in [5, 5.41) is 11.7. The average molecular weight is 334 g/mol. The van der Waals surface area contributed by atoms with E-state index in [0.717, 1.165) is 22.9 Å². The highest BCUT2D eigenvalue weighted by Crippen LogP contribution is 2.43. The number of aryl methyl sites for hydroxylation is 1. The number of hydrogen-bond donors (Lipinski definition) is 1. The van der Waals surface area contributed by atoms with Gasteiger partial charge in [-0.1, -0.05) is 41.6 Å². The largest absolute Gasteiger partial charge is 0.468 e. The van der Waals surface area contributed by atoms with Crippen molar-refractivity contribution < 1.29 is 14.3 Å². The zero-order valence-corrected chi connectivity index (χ0v) is 13.7. The molecule has 1 aromatic rings. The van der Waals surface area contributed by atoms with E-state index in [1.807, 2.05) is 37.3 Å². The maximum Gasteiger partial charge on any atom is 0.316 e. The van der Waals surface area contributed by atoms with Gasteiger partial charge in [-0.15, -0.1) is 11.8 Å². The van der Waals surface area contributed by atoms with E-state index < -0.39 is 11.9 Å². The lowest BCUT2D eigenvalue weighted by atomic mass is 10.1. The Morgan fingerprint density at radius 3 is 2.73 bits per heavy atom. The van der Waals surface area contributed by atoms with Gasteiger partial charge >= 0.3 is 5.97 Å². The third kappa shape index (κ3) is 3.84. The normalized spacial score (nSPS) is 17.7. The highest BCUT2D eigenvalue weighted by Gasteiger charge is 2.29. The van der Waals surface area contributed by atoms with Crippen LogP contribution in [0.5, 0.6) is 0 Å². The molecule has 1 amide bonds. The van der Waals surface area contributed by atoms with Gasteiger partial charge < -0.3 is 10.1 Å². The zero-order valence-electron chi connectivity index (χ0n) is 12.1. The monoisotopic (exact) mass is 334 g/mol. The second-order valence-corrected chi connectivity index (χ2v) is 6.88. The number of esters is 1. The predicted molar refractivity (Wildman–Crippen MR) is 86.8 cm³/mol. The molecule has 22 heavy (non-hydrogen) atoms. The van der Waals surface area contributed by atoms with Gasteiger partial charge in [-0.25, -0.2) is 0 Å². The van der Waals surface area contributed by atoms with Crippen molar-refractivity contribution in [2.75, 3.05) is 12.9 Å². The molecule has 1 atom stereocenters. The summed E-state index contributed by atoms with van der Waals surface area (Å²) in [6.45, 7) is 1.99. The number of hydrogen-bond acceptors (Lipinski definition) is 6. The molecule has 1 aromatic carbocycles. The molecule has 114 valence electrons. The fourth-order valence-electron chi connectivity index (χ4n) is 1.76. The van der Waals surface area contributed by atoms with E-state index in [0.29, 0.717) is 4.24 Å². The van der Waals surface area contributed by atoms with E-state index in [1.54, 1.807) is 0 Å². The molecule has 0 radical (unpaired) electrons. The van der Waals surface area contributed by atoms with Crippen molar-refractivity contribution in [3.8, 4) is 6.07 Å². The molecule has 0 fully saturated rings. The van der Waals surface area contributed by atoms with Gasteiger partial charge in [0.25, 0.3) is 5.91 Å². The van der Waals surface area contributed by atoms with Crippen molar-refractivity contribution in [2.24, 2.45) is 0 Å². The van der Waals surface area contributed by atoms with Crippen LogP contribution >= 0.6 is 23.5 Å². The first kappa shape index (κ1) is 16.5. The average Bonchev–Trinajstić information content (AvgIpc) is 2.52. The topological polar surface area (TPSA) is 79.2 Å². The first-order chi connectivity index (χ1) is 10.5. The number of nitrogens with zero attached hydrogens (tertiary/aromatic N) is 1. The number of carbonyl (C=O) groups is 2. The summed E-state index contributed by atoms with van der Waals surface area (Å²) < 4.78 is 5.13. The van der Waals surface area contributed by atoms with Gasteiger partial charge in [0.15, 0.2) is 0 Å². The van der Waals surface area contributed by atoms with Crippen molar-refractivity contribution in [2.45, 2.75) is 12.3 Å². The van der Waals surface area contributed by atoms with Gasteiger partial charge in [0.2, 0.25) is 0 Å². The standard InChI is InChI=1S/C15H14N2O3S2/c1-9-3-5-10(6-4-9)14-17-13(19)11(7-16)15(22-14)21-8-12(18)20-2/h3-6,14H,8H2,1-2H3,(H,17,19)/t14-/m0/s1. The first-order valence-corrected chi connectivity index (χ1v) is 8.29. The summed E-state index contributed by atoms with van der Waals surface area (Å²) in [7, 11) is 1.30. The minimum Gasteiger partial charge on any atom is -0.468 e. The molecule has 1 N–H and O–H groups in total. The van der Waals surface area contributed by atoms with Crippen LogP contribution in [-0.2, 0) is 14.3 Å². The van der Waals surface area contributed by atoms with Crippen molar-refractivity contribution >= 4 is 35.4 Å². The minimum atomic E-state index is -0.417. The van der Waals surface area contributed by atoms with E-state index in [2.05, 4.69) is 10.1 Å². The Bertz CT molecular complexity index is 662. The van der Waals surface area contributed by atoms with Gasteiger partial charge in [-0.05, 0) is 12.5 Å². The van der Waals surface area contributed by atoms with Crippen LogP contribution in [0.3, 0.4) is 0 Å². The van der Waals surface area contributed by atoms with Crippen LogP contribution in [0.4, 0.5) is 0 Å². The molecule has 2 rings (SSSR count). The van der Waals surface area contributed by atoms with E-state index in [1.165, 1.54) is 18.9 Å². The summed E-state index contributed by atoms with van der Waals surface area (Å²) in [5.74, 6) is -0.745. The molecular weight excluding hydrogens is 320 g/mol. The fraction of sp³-hybridized carbons (Fsp3) is 0.267. The van der Waals surface area contributed by atoms with Gasteiger partial charge in [0.05, 0.1) is 17.1 Å². The zero-order chi connectivity index (χ0) is 16.1. The molecule has 0 spiro atoms. The number of amides is 1. The van der Waals surface area contributed by atoms with Crippen LogP contribution in [0.2, 0.25) is 0 Å². The van der Waals surface area contributed by atoms with Crippen LogP contribution in [0, 0.1) is 18.3 Å². The number of ether oxygens (including phenoxy) is 1. The Balaban J connectivity index is 2.21. The molecule has 0 unspecified atom stereocenters. The summed E-state index contributed by atoms with van der Waals surface area (Å²) in [6.07, 6.45) is 0. The smallest absolute Gasteiger partial charge is 0.316 e. The lowest BCUT2D eigenvalue weighted by Gasteiger charge is -2.25. The van der Waals surface area contributed by atoms with E-state index >= 15 is 0 Å². The van der Waals surface area contributed by atoms with E-state index in [-0.39, 0.29) is 16.7 Å². The molecule has 0 saturated carbocycles. The Kier molecular flexibility index (Phi) is 5.52. The molecule has 0 bridgehead atoms. The van der Waals surface area contributed by atoms with Crippen LogP contribution in [-0.4, -0.2) is 24.7 Å². The molecule has 1 heterocycles. The van der Waals surface area contributed by atoms with Crippen LogP contribution in [0.15, 0.2) is 34.1 Å². The Labute approximate surface area is 137 Å². The number of carbonyl (C=O) groups excluding carboxylic acids is 2. The molecule has 0 aliphatic carbocycles. The van der Waals surface area contributed by atoms with E-state index in [4.69, 9.17) is 5.26 Å². The molecular formula is C15H14N2O3S2. The molecule has 0 saturated heterocycles. The molecule has 7 heteroatoms. The number of thioether (sulfide) groups is 2. The van der Waals surface area contributed by atoms with Crippen LogP contribution in [0.25, 0.3) is 0 Å².